The summed E-state index contributed by atoms with van der Waals surface area (Å²) in [5.41, 5.74) is 2.09. The first-order valence-corrected chi connectivity index (χ1v) is 10.4. The number of amides is 1. The lowest BCUT2D eigenvalue weighted by atomic mass is 10.2. The van der Waals surface area contributed by atoms with Crippen molar-refractivity contribution in [2.45, 2.75) is 20.0 Å². The van der Waals surface area contributed by atoms with Crippen LogP contribution >= 0.6 is 11.3 Å². The van der Waals surface area contributed by atoms with Crippen molar-refractivity contribution in [1.29, 1.82) is 0 Å². The van der Waals surface area contributed by atoms with E-state index in [1.54, 1.807) is 6.92 Å². The largest absolute Gasteiger partial charge is 0.487 e. The molecular formula is C23H21N3O3S. The van der Waals surface area contributed by atoms with Crippen LogP contribution in [0.4, 0.5) is 0 Å². The molecule has 2 aromatic carbocycles. The van der Waals surface area contributed by atoms with E-state index in [4.69, 9.17) is 9.26 Å². The molecule has 152 valence electrons. The van der Waals surface area contributed by atoms with E-state index in [2.05, 4.69) is 15.5 Å². The Hall–Kier alpha value is -3.45. The van der Waals surface area contributed by atoms with Gasteiger partial charge in [0.15, 0.2) is 5.82 Å². The van der Waals surface area contributed by atoms with Crippen molar-refractivity contribution in [1.82, 2.24) is 15.5 Å². The molecule has 0 aliphatic heterocycles. The molecule has 0 saturated carbocycles. The van der Waals surface area contributed by atoms with Crippen molar-refractivity contribution in [2.24, 2.45) is 0 Å². The summed E-state index contributed by atoms with van der Waals surface area (Å²) in [5, 5.41) is 6.68. The highest BCUT2D eigenvalue weighted by Gasteiger charge is 2.19. The number of benzene rings is 2. The molecule has 2 aromatic heterocycles. The summed E-state index contributed by atoms with van der Waals surface area (Å²) in [6, 6.07) is 21.8. The number of hydrogen-bond donors (Lipinski definition) is 1. The average Bonchev–Trinajstić information content (AvgIpc) is 3.40. The maximum atomic E-state index is 12.9. The van der Waals surface area contributed by atoms with Gasteiger partial charge in [-0.1, -0.05) is 65.8 Å². The zero-order chi connectivity index (χ0) is 20.8. The smallest absolute Gasteiger partial charge is 0.265 e. The van der Waals surface area contributed by atoms with E-state index in [-0.39, 0.29) is 5.91 Å². The van der Waals surface area contributed by atoms with Crippen molar-refractivity contribution in [3.05, 3.63) is 88.9 Å². The number of hydrogen-bond acceptors (Lipinski definition) is 6. The Bertz CT molecular complexity index is 1110. The number of carbonyl (C=O) groups excluding carboxylic acids is 1. The van der Waals surface area contributed by atoms with Crippen molar-refractivity contribution in [3.63, 3.8) is 0 Å². The Kier molecular flexibility index (Phi) is 6.20. The van der Waals surface area contributed by atoms with E-state index in [0.29, 0.717) is 41.9 Å². The molecule has 0 aliphatic carbocycles. The molecule has 0 fully saturated rings. The number of aryl methyl sites for hydroxylation is 1. The molecule has 0 radical (unpaired) electrons. The number of aromatic nitrogens is 2. The molecule has 0 unspecified atom stereocenters. The fourth-order valence-electron chi connectivity index (χ4n) is 2.92. The van der Waals surface area contributed by atoms with E-state index in [0.717, 1.165) is 16.0 Å². The van der Waals surface area contributed by atoms with Gasteiger partial charge in [0.2, 0.25) is 5.89 Å². The molecule has 30 heavy (non-hydrogen) atoms. The lowest BCUT2D eigenvalue weighted by molar-refractivity contribution is 0.0953. The molecule has 6 nitrogen and oxygen atoms in total. The third kappa shape index (κ3) is 4.93. The molecule has 0 spiro atoms. The average molecular weight is 420 g/mol. The molecule has 0 saturated heterocycles. The lowest BCUT2D eigenvalue weighted by Crippen LogP contribution is -2.25. The van der Waals surface area contributed by atoms with Crippen LogP contribution in [0.5, 0.6) is 5.75 Å². The van der Waals surface area contributed by atoms with E-state index >= 15 is 0 Å². The molecule has 1 amide bonds. The Balaban J connectivity index is 1.50. The van der Waals surface area contributed by atoms with Crippen LogP contribution in [-0.2, 0) is 13.0 Å². The van der Waals surface area contributed by atoms with Crippen LogP contribution in [-0.4, -0.2) is 22.6 Å². The van der Waals surface area contributed by atoms with E-state index in [1.807, 2.05) is 66.7 Å². The monoisotopic (exact) mass is 419 g/mol. The van der Waals surface area contributed by atoms with Gasteiger partial charge in [-0.3, -0.25) is 4.79 Å². The Labute approximate surface area is 178 Å². The number of nitrogens with one attached hydrogen (secondary N) is 1. The standard InChI is InChI=1S/C23H21N3O3S/c1-16-25-21(29-26-16)12-13-24-23(27)22-19(28-15-17-8-4-2-5-9-17)14-20(30-22)18-10-6-3-7-11-18/h2-11,14H,12-13,15H2,1H3,(H,24,27). The number of nitrogens with zero attached hydrogens (tertiary/aromatic N) is 2. The third-order valence-electron chi connectivity index (χ3n) is 4.39. The number of carbonyl (C=O) groups is 1. The zero-order valence-electron chi connectivity index (χ0n) is 16.5. The summed E-state index contributed by atoms with van der Waals surface area (Å²) < 4.78 is 11.1. The first-order chi connectivity index (χ1) is 14.7. The second-order valence-corrected chi connectivity index (χ2v) is 7.74. The maximum absolute atomic E-state index is 12.9. The van der Waals surface area contributed by atoms with Crippen LogP contribution in [0.15, 0.2) is 71.3 Å². The summed E-state index contributed by atoms with van der Waals surface area (Å²) in [7, 11) is 0. The molecule has 0 atom stereocenters. The summed E-state index contributed by atoms with van der Waals surface area (Å²) in [5.74, 6) is 1.48. The number of rotatable bonds is 8. The fourth-order valence-corrected chi connectivity index (χ4v) is 3.95. The molecular weight excluding hydrogens is 398 g/mol. The molecule has 0 bridgehead atoms. The van der Waals surface area contributed by atoms with E-state index < -0.39 is 0 Å². The number of ether oxygens (including phenoxy) is 1. The highest BCUT2D eigenvalue weighted by atomic mass is 32.1. The summed E-state index contributed by atoms with van der Waals surface area (Å²) in [4.78, 5) is 18.6. The lowest BCUT2D eigenvalue weighted by Gasteiger charge is -2.07. The SMILES string of the molecule is Cc1noc(CCNC(=O)c2sc(-c3ccccc3)cc2OCc2ccccc2)n1. The van der Waals surface area contributed by atoms with Crippen LogP contribution in [0, 0.1) is 6.92 Å². The van der Waals surface area contributed by atoms with Gasteiger partial charge in [-0.15, -0.1) is 11.3 Å². The van der Waals surface area contributed by atoms with Crippen LogP contribution < -0.4 is 10.1 Å². The summed E-state index contributed by atoms with van der Waals surface area (Å²) in [6.07, 6.45) is 0.476. The Morgan fingerprint density at radius 3 is 2.53 bits per heavy atom. The minimum Gasteiger partial charge on any atom is -0.487 e. The van der Waals surface area contributed by atoms with Gasteiger partial charge < -0.3 is 14.6 Å². The van der Waals surface area contributed by atoms with Gasteiger partial charge in [-0.2, -0.15) is 4.98 Å². The molecule has 2 heterocycles. The van der Waals surface area contributed by atoms with E-state index in [9.17, 15) is 4.79 Å². The highest BCUT2D eigenvalue weighted by Crippen LogP contribution is 2.36. The van der Waals surface area contributed by atoms with Gasteiger partial charge in [0.25, 0.3) is 5.91 Å². The Morgan fingerprint density at radius 1 is 1.10 bits per heavy atom. The van der Waals surface area contributed by atoms with Crippen LogP contribution in [0.1, 0.15) is 27.0 Å². The maximum Gasteiger partial charge on any atom is 0.265 e. The predicted molar refractivity (Wildman–Crippen MR) is 116 cm³/mol. The van der Waals surface area contributed by atoms with Crippen LogP contribution in [0.3, 0.4) is 0 Å². The quantitative estimate of drug-likeness (QED) is 0.450. The summed E-state index contributed by atoms with van der Waals surface area (Å²) >= 11 is 1.42. The van der Waals surface area contributed by atoms with Gasteiger partial charge in [-0.25, -0.2) is 0 Å². The van der Waals surface area contributed by atoms with Gasteiger partial charge in [0.1, 0.15) is 17.2 Å². The topological polar surface area (TPSA) is 77.2 Å². The van der Waals surface area contributed by atoms with E-state index in [1.165, 1.54) is 11.3 Å². The van der Waals surface area contributed by atoms with Gasteiger partial charge in [-0.05, 0) is 24.1 Å². The van der Waals surface area contributed by atoms with Crippen molar-refractivity contribution in [3.8, 4) is 16.2 Å². The van der Waals surface area contributed by atoms with Gasteiger partial charge in [0.05, 0.1) is 0 Å². The van der Waals surface area contributed by atoms with Crippen LogP contribution in [0.25, 0.3) is 10.4 Å². The second-order valence-electron chi connectivity index (χ2n) is 6.69. The minimum absolute atomic E-state index is 0.179. The highest BCUT2D eigenvalue weighted by molar-refractivity contribution is 7.17. The molecule has 4 aromatic rings. The first-order valence-electron chi connectivity index (χ1n) is 9.62. The van der Waals surface area contributed by atoms with Crippen LogP contribution in [0.2, 0.25) is 0 Å². The zero-order valence-corrected chi connectivity index (χ0v) is 17.3. The second kappa shape index (κ2) is 9.37. The third-order valence-corrected chi connectivity index (χ3v) is 5.56. The predicted octanol–water partition coefficient (Wildman–Crippen LogP) is 4.66. The van der Waals surface area contributed by atoms with Crippen molar-refractivity contribution < 1.29 is 14.1 Å². The summed E-state index contributed by atoms with van der Waals surface area (Å²) in [6.45, 7) is 2.56. The molecule has 1 N–H and O–H groups in total. The van der Waals surface area contributed by atoms with Gasteiger partial charge >= 0.3 is 0 Å². The molecule has 0 aliphatic rings. The first kappa shape index (κ1) is 19.8. The van der Waals surface area contributed by atoms with Gasteiger partial charge in [0, 0.05) is 17.8 Å². The van der Waals surface area contributed by atoms with Crippen molar-refractivity contribution in [2.75, 3.05) is 6.54 Å². The molecule has 7 heteroatoms. The Morgan fingerprint density at radius 2 is 1.83 bits per heavy atom. The number of thiophene rings is 1. The normalized spacial score (nSPS) is 10.7. The fraction of sp³-hybridized carbons (Fsp3) is 0.174. The molecule has 4 rings (SSSR count). The van der Waals surface area contributed by atoms with Crippen molar-refractivity contribution >= 4 is 17.2 Å². The minimum atomic E-state index is -0.179.